The Morgan fingerprint density at radius 1 is 1.00 bits per heavy atom. The molecule has 3 rings (SSSR count). The maximum absolute atomic E-state index is 12.4. The highest BCUT2D eigenvalue weighted by Crippen LogP contribution is 2.29. The second-order valence-corrected chi connectivity index (χ2v) is 7.32. The van der Waals surface area contributed by atoms with Crippen LogP contribution in [0.4, 0.5) is 10.7 Å². The van der Waals surface area contributed by atoms with Crippen molar-refractivity contribution in [2.45, 2.75) is 6.54 Å². The number of nitro groups is 2. The van der Waals surface area contributed by atoms with E-state index in [-0.39, 0.29) is 39.2 Å². The van der Waals surface area contributed by atoms with Crippen LogP contribution in [-0.4, -0.2) is 28.8 Å². The Bertz CT molecular complexity index is 1210. The van der Waals surface area contributed by atoms with E-state index in [4.69, 9.17) is 9.47 Å². The molecule has 1 amide bonds. The zero-order valence-electron chi connectivity index (χ0n) is 16.5. The molecule has 0 aliphatic heterocycles. The summed E-state index contributed by atoms with van der Waals surface area (Å²) in [5, 5.41) is 24.1. The van der Waals surface area contributed by atoms with Gasteiger partial charge in [-0.1, -0.05) is 23.5 Å². The molecule has 0 aliphatic carbocycles. The number of non-ortho nitro benzene ring substituents is 1. The monoisotopic (exact) mass is 457 g/mol. The first kappa shape index (κ1) is 22.4. The summed E-state index contributed by atoms with van der Waals surface area (Å²) in [6.45, 7) is 0.0972. The molecule has 164 valence electrons. The van der Waals surface area contributed by atoms with E-state index in [1.165, 1.54) is 43.5 Å². The van der Waals surface area contributed by atoms with Crippen molar-refractivity contribution in [3.63, 3.8) is 0 Å². The first-order valence-electron chi connectivity index (χ1n) is 8.94. The van der Waals surface area contributed by atoms with Crippen LogP contribution in [0.3, 0.4) is 0 Å². The molecule has 0 aliphatic rings. The van der Waals surface area contributed by atoms with Crippen molar-refractivity contribution in [1.82, 2.24) is 5.32 Å². The average molecular weight is 457 g/mol. The lowest BCUT2D eigenvalue weighted by Gasteiger charge is -2.11. The number of hydrogen-bond acceptors (Lipinski definition) is 9. The van der Waals surface area contributed by atoms with Crippen molar-refractivity contribution in [1.29, 1.82) is 0 Å². The van der Waals surface area contributed by atoms with Crippen LogP contribution in [0.5, 0.6) is 11.5 Å². The molecular weight excluding hydrogens is 442 g/mol. The fraction of sp³-hybridized carbons (Fsp3) is 0.100. The van der Waals surface area contributed by atoms with Crippen LogP contribution in [0.1, 0.15) is 25.6 Å². The number of nitrogens with one attached hydrogen (secondary N) is 1. The number of carbonyl (C=O) groups is 2. The van der Waals surface area contributed by atoms with Gasteiger partial charge in [0.1, 0.15) is 0 Å². The number of nitrogens with zero attached hydrogens (tertiary/aromatic N) is 2. The number of benzene rings is 2. The van der Waals surface area contributed by atoms with E-state index in [2.05, 4.69) is 5.32 Å². The number of hydrogen-bond donors (Lipinski definition) is 1. The summed E-state index contributed by atoms with van der Waals surface area (Å²) >= 11 is 0.766. The highest BCUT2D eigenvalue weighted by molar-refractivity contribution is 7.17. The lowest BCUT2D eigenvalue weighted by atomic mass is 10.2. The van der Waals surface area contributed by atoms with Gasteiger partial charge in [0.2, 0.25) is 0 Å². The molecule has 0 fully saturated rings. The molecule has 2 aromatic carbocycles. The van der Waals surface area contributed by atoms with Crippen LogP contribution in [0.2, 0.25) is 0 Å². The molecule has 0 atom stereocenters. The van der Waals surface area contributed by atoms with Gasteiger partial charge in [-0.2, -0.15) is 0 Å². The zero-order chi connectivity index (χ0) is 23.3. The molecule has 0 saturated heterocycles. The predicted molar refractivity (Wildman–Crippen MR) is 113 cm³/mol. The highest BCUT2D eigenvalue weighted by atomic mass is 32.1. The Balaban J connectivity index is 1.68. The van der Waals surface area contributed by atoms with E-state index in [9.17, 15) is 29.8 Å². The SMILES string of the molecule is COc1cc(CNC(=O)c2ccc([N+](=O)[O-])s2)ccc1OC(=O)c1cccc([N+](=O)[O-])c1. The Morgan fingerprint density at radius 2 is 1.78 bits per heavy atom. The van der Waals surface area contributed by atoms with Gasteiger partial charge in [-0.15, -0.1) is 0 Å². The summed E-state index contributed by atoms with van der Waals surface area (Å²) in [5.74, 6) is -0.967. The van der Waals surface area contributed by atoms with E-state index < -0.39 is 21.7 Å². The zero-order valence-corrected chi connectivity index (χ0v) is 17.3. The van der Waals surface area contributed by atoms with Crippen LogP contribution in [0.25, 0.3) is 0 Å². The Morgan fingerprint density at radius 3 is 2.44 bits per heavy atom. The number of amides is 1. The van der Waals surface area contributed by atoms with E-state index in [0.717, 1.165) is 17.4 Å². The number of nitro benzene ring substituents is 1. The molecule has 0 spiro atoms. The summed E-state index contributed by atoms with van der Waals surface area (Å²) in [6.07, 6.45) is 0. The third kappa shape index (κ3) is 5.23. The van der Waals surface area contributed by atoms with Crippen molar-refractivity contribution in [2.75, 3.05) is 7.11 Å². The number of thiophene rings is 1. The minimum Gasteiger partial charge on any atom is -0.493 e. The van der Waals surface area contributed by atoms with Gasteiger partial charge in [0, 0.05) is 24.7 Å². The molecule has 1 N–H and O–H groups in total. The van der Waals surface area contributed by atoms with Crippen molar-refractivity contribution in [2.24, 2.45) is 0 Å². The molecule has 11 nitrogen and oxygen atoms in total. The van der Waals surface area contributed by atoms with Gasteiger partial charge in [0.15, 0.2) is 11.5 Å². The molecule has 0 radical (unpaired) electrons. The molecule has 12 heteroatoms. The van der Waals surface area contributed by atoms with Crippen LogP contribution in [-0.2, 0) is 6.54 Å². The molecular formula is C20H15N3O8S. The van der Waals surface area contributed by atoms with Crippen LogP contribution in [0.15, 0.2) is 54.6 Å². The molecule has 0 unspecified atom stereocenters. The number of ether oxygens (including phenoxy) is 2. The summed E-state index contributed by atoms with van der Waals surface area (Å²) < 4.78 is 10.5. The van der Waals surface area contributed by atoms with Gasteiger partial charge in [-0.05, 0) is 29.8 Å². The van der Waals surface area contributed by atoms with Crippen LogP contribution < -0.4 is 14.8 Å². The minimum atomic E-state index is -0.799. The summed E-state index contributed by atoms with van der Waals surface area (Å²) in [6, 6.07) is 12.4. The molecule has 0 bridgehead atoms. The highest BCUT2D eigenvalue weighted by Gasteiger charge is 2.17. The summed E-state index contributed by atoms with van der Waals surface area (Å²) in [7, 11) is 1.37. The second-order valence-electron chi connectivity index (χ2n) is 6.26. The van der Waals surface area contributed by atoms with E-state index in [0.29, 0.717) is 5.56 Å². The normalized spacial score (nSPS) is 10.3. The van der Waals surface area contributed by atoms with E-state index >= 15 is 0 Å². The minimum absolute atomic E-state index is 0.00244. The van der Waals surface area contributed by atoms with E-state index in [1.807, 2.05) is 0 Å². The smallest absolute Gasteiger partial charge is 0.343 e. The van der Waals surface area contributed by atoms with Gasteiger partial charge < -0.3 is 14.8 Å². The maximum Gasteiger partial charge on any atom is 0.343 e. The Labute approximate surface area is 184 Å². The van der Waals surface area contributed by atoms with Gasteiger partial charge in [-0.3, -0.25) is 25.0 Å². The Hall–Kier alpha value is -4.32. The molecule has 3 aromatic rings. The first-order chi connectivity index (χ1) is 15.3. The van der Waals surface area contributed by atoms with Gasteiger partial charge in [0.25, 0.3) is 11.6 Å². The van der Waals surface area contributed by atoms with Gasteiger partial charge >= 0.3 is 11.0 Å². The predicted octanol–water partition coefficient (Wildman–Crippen LogP) is 3.72. The number of rotatable bonds is 8. The first-order valence-corrected chi connectivity index (χ1v) is 9.76. The number of esters is 1. The largest absolute Gasteiger partial charge is 0.493 e. The molecule has 1 aromatic heterocycles. The topological polar surface area (TPSA) is 151 Å². The molecule has 32 heavy (non-hydrogen) atoms. The lowest BCUT2D eigenvalue weighted by Crippen LogP contribution is -2.21. The second kappa shape index (κ2) is 9.66. The molecule has 0 saturated carbocycles. The summed E-state index contributed by atoms with van der Waals surface area (Å²) in [4.78, 5) is 45.2. The third-order valence-corrected chi connectivity index (χ3v) is 5.21. The van der Waals surface area contributed by atoms with Crippen LogP contribution >= 0.6 is 11.3 Å². The van der Waals surface area contributed by atoms with Gasteiger partial charge in [0.05, 0.1) is 27.4 Å². The van der Waals surface area contributed by atoms with Gasteiger partial charge in [-0.25, -0.2) is 4.79 Å². The third-order valence-electron chi connectivity index (χ3n) is 4.17. The fourth-order valence-electron chi connectivity index (χ4n) is 2.63. The van der Waals surface area contributed by atoms with Crippen molar-refractivity contribution in [3.05, 3.63) is 90.8 Å². The van der Waals surface area contributed by atoms with E-state index in [1.54, 1.807) is 12.1 Å². The lowest BCUT2D eigenvalue weighted by molar-refractivity contribution is -0.384. The summed E-state index contributed by atoms with van der Waals surface area (Å²) in [5.41, 5.74) is 0.382. The number of methoxy groups -OCH3 is 1. The fourth-order valence-corrected chi connectivity index (χ4v) is 3.37. The number of carbonyl (C=O) groups excluding carboxylic acids is 2. The van der Waals surface area contributed by atoms with Crippen LogP contribution in [0, 0.1) is 20.2 Å². The Kier molecular flexibility index (Phi) is 6.75. The molecule has 1 heterocycles. The van der Waals surface area contributed by atoms with Crippen molar-refractivity contribution in [3.8, 4) is 11.5 Å². The van der Waals surface area contributed by atoms with Crippen molar-refractivity contribution < 1.29 is 28.9 Å². The quantitative estimate of drug-likeness (QED) is 0.233. The maximum atomic E-state index is 12.4. The van der Waals surface area contributed by atoms with Crippen molar-refractivity contribution >= 4 is 33.9 Å². The standard InChI is InChI=1S/C20H15N3O8S/c1-30-16-9-12(11-21-19(24)17-7-8-18(32-17)23(28)29)5-6-15(16)31-20(25)13-3-2-4-14(10-13)22(26)27/h2-10H,11H2,1H3,(H,21,24). The average Bonchev–Trinajstić information content (AvgIpc) is 3.29.